The molecule has 0 saturated carbocycles. The van der Waals surface area contributed by atoms with Gasteiger partial charge in [0.2, 0.25) is 0 Å². The monoisotopic (exact) mass is 484 g/mol. The highest BCUT2D eigenvalue weighted by Crippen LogP contribution is 2.28. The lowest BCUT2D eigenvalue weighted by molar-refractivity contribution is -0.120. The van der Waals surface area contributed by atoms with Crippen molar-refractivity contribution in [3.8, 4) is 0 Å². The van der Waals surface area contributed by atoms with Crippen molar-refractivity contribution >= 4 is 37.1 Å². The molecule has 1 aromatic rings. The van der Waals surface area contributed by atoms with Gasteiger partial charge in [-0.2, -0.15) is 4.89 Å². The molecule has 0 aliphatic rings. The normalized spacial score (nSPS) is 13.6. The van der Waals surface area contributed by atoms with Crippen molar-refractivity contribution in [2.75, 3.05) is 0 Å². The van der Waals surface area contributed by atoms with Crippen LogP contribution in [-0.4, -0.2) is 16.5 Å². The quantitative estimate of drug-likeness (QED) is 0.238. The number of halogens is 2. The van der Waals surface area contributed by atoms with Crippen molar-refractivity contribution in [1.82, 2.24) is 5.32 Å². The number of hydrogen-bond acceptors (Lipinski definition) is 2. The average Bonchev–Trinajstić information content (AvgIpc) is 2.68. The van der Waals surface area contributed by atoms with Crippen molar-refractivity contribution in [1.29, 1.82) is 0 Å². The Morgan fingerprint density at radius 3 is 2.29 bits per heavy atom. The molecule has 0 heterocycles. The van der Waals surface area contributed by atoms with Gasteiger partial charge in [0.1, 0.15) is 0 Å². The minimum absolute atomic E-state index is 0.150. The number of carbonyl (C=O) groups is 1. The SMILES string of the molecule is CC(C)=CCC/C(C)=C/CC/C(C)=C/CC(C(=O)NCc1cccc(Cl)c1Cl)[P+](=O)O. The molecule has 1 amide bonds. The van der Waals surface area contributed by atoms with Gasteiger partial charge in [0.15, 0.2) is 0 Å². The van der Waals surface area contributed by atoms with E-state index in [0.29, 0.717) is 15.6 Å². The fourth-order valence-corrected chi connectivity index (χ4v) is 3.90. The summed E-state index contributed by atoms with van der Waals surface area (Å²) in [4.78, 5) is 22.1. The molecule has 1 rings (SSSR count). The van der Waals surface area contributed by atoms with E-state index in [1.165, 1.54) is 11.1 Å². The van der Waals surface area contributed by atoms with Crippen LogP contribution < -0.4 is 5.32 Å². The van der Waals surface area contributed by atoms with E-state index in [0.717, 1.165) is 31.3 Å². The molecule has 0 aliphatic heterocycles. The van der Waals surface area contributed by atoms with Gasteiger partial charge in [0.05, 0.1) is 10.0 Å². The zero-order chi connectivity index (χ0) is 23.4. The first-order chi connectivity index (χ1) is 14.6. The van der Waals surface area contributed by atoms with Crippen molar-refractivity contribution in [3.05, 3.63) is 68.8 Å². The van der Waals surface area contributed by atoms with Gasteiger partial charge in [-0.25, -0.2) is 0 Å². The topological polar surface area (TPSA) is 66.4 Å². The minimum atomic E-state index is -2.65. The summed E-state index contributed by atoms with van der Waals surface area (Å²) in [6, 6.07) is 5.15. The van der Waals surface area contributed by atoms with Crippen LogP contribution in [0.2, 0.25) is 10.0 Å². The minimum Gasteiger partial charge on any atom is -0.348 e. The molecule has 170 valence electrons. The molecule has 0 radical (unpaired) electrons. The highest BCUT2D eigenvalue weighted by atomic mass is 35.5. The Labute approximate surface area is 197 Å². The van der Waals surface area contributed by atoms with Crippen molar-refractivity contribution < 1.29 is 14.3 Å². The summed E-state index contributed by atoms with van der Waals surface area (Å²) in [5.74, 6) is -0.473. The van der Waals surface area contributed by atoms with Crippen LogP contribution in [0.15, 0.2) is 53.1 Å². The van der Waals surface area contributed by atoms with Crippen molar-refractivity contribution in [2.45, 2.75) is 72.0 Å². The Kier molecular flexibility index (Phi) is 13.0. The number of allylic oxidation sites excluding steroid dienone is 6. The summed E-state index contributed by atoms with van der Waals surface area (Å²) < 4.78 is 11.7. The second-order valence-electron chi connectivity index (χ2n) is 7.94. The van der Waals surface area contributed by atoms with Crippen LogP contribution in [0.5, 0.6) is 0 Å². The molecule has 0 saturated heterocycles. The van der Waals surface area contributed by atoms with Gasteiger partial charge in [0.25, 0.3) is 11.6 Å². The first kappa shape index (κ1) is 27.6. The third-order valence-corrected chi connectivity index (χ3v) is 6.70. The summed E-state index contributed by atoms with van der Waals surface area (Å²) in [5.41, 5.74) is 3.46. The molecular weight excluding hydrogens is 452 g/mol. The predicted octanol–water partition coefficient (Wildman–Crippen LogP) is 7.52. The standard InChI is InChI=1S/C24H32Cl2NO3P/c1-17(2)8-5-9-18(3)10-6-11-19(4)14-15-22(31(29)30)24(28)27-16-20-12-7-13-21(25)23(20)26/h7-8,10,12-14,22H,5-6,9,11,15-16H2,1-4H3,(H-,27,28,29,30)/p+1/b18-10+,19-14+. The van der Waals surface area contributed by atoms with E-state index >= 15 is 0 Å². The fourth-order valence-electron chi connectivity index (χ4n) is 2.93. The van der Waals surface area contributed by atoms with Gasteiger partial charge in [-0.1, -0.05) is 70.3 Å². The second kappa shape index (κ2) is 14.6. The number of hydrogen-bond donors (Lipinski definition) is 2. The van der Waals surface area contributed by atoms with E-state index in [-0.39, 0.29) is 13.0 Å². The Bertz CT molecular complexity index is 858. The summed E-state index contributed by atoms with van der Waals surface area (Å²) in [5, 5.41) is 3.46. The lowest BCUT2D eigenvalue weighted by Gasteiger charge is -2.09. The van der Waals surface area contributed by atoms with Gasteiger partial charge in [-0.15, -0.1) is 0 Å². The molecule has 0 bridgehead atoms. The van der Waals surface area contributed by atoms with E-state index in [9.17, 15) is 14.3 Å². The summed E-state index contributed by atoms with van der Waals surface area (Å²) in [7, 11) is -2.65. The molecule has 1 aromatic carbocycles. The molecule has 2 atom stereocenters. The summed E-state index contributed by atoms with van der Waals surface area (Å²) in [6.45, 7) is 8.48. The zero-order valence-corrected chi connectivity index (χ0v) is 21.2. The first-order valence-electron chi connectivity index (χ1n) is 10.4. The molecule has 0 fully saturated rings. The molecular formula is C24H33Cl2NO3P+. The largest absolute Gasteiger partial charge is 0.519 e. The second-order valence-corrected chi connectivity index (χ2v) is 9.96. The van der Waals surface area contributed by atoms with Crippen LogP contribution >= 0.6 is 31.2 Å². The Morgan fingerprint density at radius 1 is 1.06 bits per heavy atom. The summed E-state index contributed by atoms with van der Waals surface area (Å²) >= 11 is 12.1. The Hall–Kier alpha value is -1.45. The van der Waals surface area contributed by atoms with E-state index < -0.39 is 19.6 Å². The van der Waals surface area contributed by atoms with Gasteiger partial charge in [-0.3, -0.25) is 4.79 Å². The highest BCUT2D eigenvalue weighted by molar-refractivity contribution is 7.40. The maximum absolute atomic E-state index is 12.4. The third kappa shape index (κ3) is 11.1. The predicted molar refractivity (Wildman–Crippen MR) is 132 cm³/mol. The smallest absolute Gasteiger partial charge is 0.348 e. The Morgan fingerprint density at radius 2 is 1.68 bits per heavy atom. The van der Waals surface area contributed by atoms with E-state index in [2.05, 4.69) is 38.2 Å². The lowest BCUT2D eigenvalue weighted by atomic mass is 10.1. The van der Waals surface area contributed by atoms with E-state index in [1.54, 1.807) is 18.2 Å². The number of carbonyl (C=O) groups excluding carboxylic acids is 1. The van der Waals surface area contributed by atoms with E-state index in [4.69, 9.17) is 23.2 Å². The zero-order valence-electron chi connectivity index (χ0n) is 18.8. The molecule has 31 heavy (non-hydrogen) atoms. The molecule has 2 N–H and O–H groups in total. The van der Waals surface area contributed by atoms with Gasteiger partial charge in [-0.05, 0) is 69.6 Å². The number of amides is 1. The molecule has 0 aromatic heterocycles. The Balaban J connectivity index is 2.56. The molecule has 0 spiro atoms. The van der Waals surface area contributed by atoms with Crippen molar-refractivity contribution in [2.24, 2.45) is 0 Å². The summed E-state index contributed by atoms with van der Waals surface area (Å²) in [6.07, 6.45) is 10.5. The van der Waals surface area contributed by atoms with E-state index in [1.807, 2.05) is 13.0 Å². The maximum atomic E-state index is 12.4. The highest BCUT2D eigenvalue weighted by Gasteiger charge is 2.35. The average molecular weight is 485 g/mol. The van der Waals surface area contributed by atoms with Gasteiger partial charge < -0.3 is 5.32 Å². The maximum Gasteiger partial charge on any atom is 0.519 e. The lowest BCUT2D eigenvalue weighted by Crippen LogP contribution is -2.32. The van der Waals surface area contributed by atoms with Crippen LogP contribution in [0.1, 0.15) is 65.4 Å². The fraction of sp³-hybridized carbons (Fsp3) is 0.458. The van der Waals surface area contributed by atoms with Crippen LogP contribution in [0.4, 0.5) is 0 Å². The molecule has 2 unspecified atom stereocenters. The van der Waals surface area contributed by atoms with Crippen LogP contribution in [0.25, 0.3) is 0 Å². The molecule has 0 aliphatic carbocycles. The van der Waals surface area contributed by atoms with Gasteiger partial charge in [0, 0.05) is 13.0 Å². The van der Waals surface area contributed by atoms with Crippen molar-refractivity contribution in [3.63, 3.8) is 0 Å². The molecule has 7 heteroatoms. The van der Waals surface area contributed by atoms with Gasteiger partial charge >= 0.3 is 8.03 Å². The van der Waals surface area contributed by atoms with Crippen LogP contribution in [-0.2, 0) is 15.9 Å². The number of benzene rings is 1. The number of nitrogens with one attached hydrogen (secondary N) is 1. The number of rotatable bonds is 12. The first-order valence-corrected chi connectivity index (χ1v) is 12.5. The van der Waals surface area contributed by atoms with Crippen LogP contribution in [0, 0.1) is 0 Å². The van der Waals surface area contributed by atoms with Crippen LogP contribution in [0.3, 0.4) is 0 Å². The third-order valence-electron chi connectivity index (χ3n) is 4.87. The molecule has 4 nitrogen and oxygen atoms in total.